The maximum atomic E-state index is 13.1. The van der Waals surface area contributed by atoms with Crippen LogP contribution < -0.4 is 16.0 Å². The summed E-state index contributed by atoms with van der Waals surface area (Å²) in [6.07, 6.45) is -7.00. The molecule has 0 radical (unpaired) electrons. The van der Waals surface area contributed by atoms with E-state index >= 15 is 0 Å². The molecule has 9 N–H and O–H groups in total. The number of rotatable bonds is 20. The third-order valence-electron chi connectivity index (χ3n) is 7.81. The van der Waals surface area contributed by atoms with Crippen molar-refractivity contribution in [3.8, 4) is 0 Å². The summed E-state index contributed by atoms with van der Waals surface area (Å²) < 4.78 is 35.2. The average molecular weight is 718 g/mol. The third kappa shape index (κ3) is 14.2. The van der Waals surface area contributed by atoms with Gasteiger partial charge >= 0.3 is 7.60 Å². The van der Waals surface area contributed by atoms with Gasteiger partial charge in [-0.15, -0.1) is 0 Å². The highest BCUT2D eigenvalue weighted by Gasteiger charge is 2.49. The highest BCUT2D eigenvalue weighted by Crippen LogP contribution is 2.45. The zero-order valence-electron chi connectivity index (χ0n) is 26.8. The fourth-order valence-corrected chi connectivity index (χ4v) is 6.82. The van der Waals surface area contributed by atoms with Crippen LogP contribution in [-0.2, 0) is 37.7 Å². The smallest absolute Gasteiger partial charge is 0.330 e. The minimum atomic E-state index is -4.63. The van der Waals surface area contributed by atoms with Crippen LogP contribution in [0.5, 0.6) is 0 Å². The number of hydrogen-bond donors (Lipinski definition) is 10. The third-order valence-corrected chi connectivity index (χ3v) is 9.50. The van der Waals surface area contributed by atoms with Crippen LogP contribution in [0.15, 0.2) is 0 Å². The second-order valence-electron chi connectivity index (χ2n) is 11.8. The SMILES string of the molecule is CC(=O)N[C@@H]1[C@H](OCCCNC(=O)CCCCCCCS)O[C@H](COP(=O)(O)C[C@H]2O[C@H](CO)[C@@H](O)[C@H](O)[C@@H]2NC(C)=O)[C@@H](O)[C@@H]1O. The lowest BCUT2D eigenvalue weighted by Crippen LogP contribution is -2.65. The van der Waals surface area contributed by atoms with Gasteiger partial charge in [-0.05, 0) is 25.0 Å². The molecule has 1 unspecified atom stereocenters. The molecule has 2 saturated heterocycles. The van der Waals surface area contributed by atoms with Crippen LogP contribution in [0.25, 0.3) is 0 Å². The number of unbranched alkanes of at least 4 members (excludes halogenated alkanes) is 4. The van der Waals surface area contributed by atoms with Crippen molar-refractivity contribution in [1.82, 2.24) is 16.0 Å². The van der Waals surface area contributed by atoms with Gasteiger partial charge in [0, 0.05) is 26.8 Å². The van der Waals surface area contributed by atoms with Crippen molar-refractivity contribution in [3.63, 3.8) is 0 Å². The minimum absolute atomic E-state index is 0.0312. The molecule has 0 aromatic heterocycles. The fraction of sp³-hybridized carbons (Fsp3) is 0.893. The molecule has 19 heteroatoms. The number of ether oxygens (including phenoxy) is 3. The number of carbonyl (C=O) groups is 3. The van der Waals surface area contributed by atoms with Crippen LogP contribution in [-0.4, -0.2) is 148 Å². The van der Waals surface area contributed by atoms with E-state index < -0.39 is 99.9 Å². The summed E-state index contributed by atoms with van der Waals surface area (Å²) in [6.45, 7) is 1.21. The maximum absolute atomic E-state index is 13.1. The van der Waals surface area contributed by atoms with Gasteiger partial charge in [-0.3, -0.25) is 18.9 Å². The van der Waals surface area contributed by atoms with Crippen LogP contribution in [0, 0.1) is 0 Å². The molecule has 0 saturated carbocycles. The molecule has 0 bridgehead atoms. The van der Waals surface area contributed by atoms with Crippen molar-refractivity contribution in [3.05, 3.63) is 0 Å². The highest BCUT2D eigenvalue weighted by molar-refractivity contribution is 7.80. The molecule has 2 rings (SSSR count). The fourth-order valence-electron chi connectivity index (χ4n) is 5.35. The second-order valence-corrected chi connectivity index (χ2v) is 14.1. The van der Waals surface area contributed by atoms with E-state index in [0.29, 0.717) is 19.4 Å². The number of aliphatic hydroxyl groups excluding tert-OH is 5. The molecule has 11 atom stereocenters. The summed E-state index contributed by atoms with van der Waals surface area (Å²) in [6, 6.07) is -2.52. The Bertz CT molecular complexity index is 1030. The summed E-state index contributed by atoms with van der Waals surface area (Å²) in [4.78, 5) is 46.1. The Balaban J connectivity index is 1.94. The summed E-state index contributed by atoms with van der Waals surface area (Å²) >= 11 is 4.18. The Kier molecular flexibility index (Phi) is 18.6. The van der Waals surface area contributed by atoms with Gasteiger partial charge in [0.15, 0.2) is 6.29 Å². The van der Waals surface area contributed by atoms with Crippen molar-refractivity contribution >= 4 is 37.9 Å². The Morgan fingerprint density at radius 2 is 1.40 bits per heavy atom. The van der Waals surface area contributed by atoms with E-state index in [1.807, 2.05) is 0 Å². The number of amides is 3. The lowest BCUT2D eigenvalue weighted by atomic mass is 9.93. The number of nitrogens with one attached hydrogen (secondary N) is 3. The van der Waals surface area contributed by atoms with E-state index in [2.05, 4.69) is 28.6 Å². The predicted molar refractivity (Wildman–Crippen MR) is 169 cm³/mol. The minimum Gasteiger partial charge on any atom is -0.394 e. The van der Waals surface area contributed by atoms with Gasteiger partial charge in [-0.1, -0.05) is 19.3 Å². The molecular weight excluding hydrogens is 665 g/mol. The van der Waals surface area contributed by atoms with Crippen molar-refractivity contribution in [2.24, 2.45) is 0 Å². The molecule has 2 aliphatic rings. The van der Waals surface area contributed by atoms with Crippen LogP contribution in [0.3, 0.4) is 0 Å². The van der Waals surface area contributed by atoms with E-state index in [4.69, 9.17) is 18.7 Å². The van der Waals surface area contributed by atoms with E-state index in [9.17, 15) is 49.4 Å². The van der Waals surface area contributed by atoms with Gasteiger partial charge in [-0.25, -0.2) is 0 Å². The first-order valence-electron chi connectivity index (χ1n) is 15.8. The zero-order valence-corrected chi connectivity index (χ0v) is 28.6. The molecular formula is C28H52N3O14PS. The number of carbonyl (C=O) groups excluding carboxylic acids is 3. The molecule has 0 spiro atoms. The lowest BCUT2D eigenvalue weighted by molar-refractivity contribution is -0.269. The zero-order chi connectivity index (χ0) is 35.1. The number of thiol groups is 1. The summed E-state index contributed by atoms with van der Waals surface area (Å²) in [5, 5.41) is 59.2. The van der Waals surface area contributed by atoms with Gasteiger partial charge in [0.1, 0.15) is 42.7 Å². The lowest BCUT2D eigenvalue weighted by Gasteiger charge is -2.43. The summed E-state index contributed by atoms with van der Waals surface area (Å²) in [5.74, 6) is -0.398. The Hall–Kier alpha value is -1.41. The molecule has 0 aromatic carbocycles. The van der Waals surface area contributed by atoms with Crippen LogP contribution in [0.1, 0.15) is 58.8 Å². The normalized spacial score (nSPS) is 32.3. The van der Waals surface area contributed by atoms with Gasteiger partial charge in [0.2, 0.25) is 17.7 Å². The molecule has 2 aliphatic heterocycles. The first-order chi connectivity index (χ1) is 22.2. The summed E-state index contributed by atoms with van der Waals surface area (Å²) in [5.41, 5.74) is 0. The topological polar surface area (TPSA) is 263 Å². The maximum Gasteiger partial charge on any atom is 0.330 e. The molecule has 2 heterocycles. The van der Waals surface area contributed by atoms with Crippen molar-refractivity contribution < 1.29 is 68.1 Å². The molecule has 3 amide bonds. The van der Waals surface area contributed by atoms with Crippen molar-refractivity contribution in [1.29, 1.82) is 0 Å². The first-order valence-corrected chi connectivity index (χ1v) is 18.2. The van der Waals surface area contributed by atoms with E-state index in [1.165, 1.54) is 6.92 Å². The van der Waals surface area contributed by atoms with Crippen LogP contribution in [0.2, 0.25) is 0 Å². The highest BCUT2D eigenvalue weighted by atomic mass is 32.1. The Morgan fingerprint density at radius 1 is 0.809 bits per heavy atom. The Morgan fingerprint density at radius 3 is 2.04 bits per heavy atom. The number of hydrogen-bond acceptors (Lipinski definition) is 14. The average Bonchev–Trinajstić information content (AvgIpc) is 3.00. The van der Waals surface area contributed by atoms with E-state index in [1.54, 1.807) is 0 Å². The molecule has 17 nitrogen and oxygen atoms in total. The first kappa shape index (κ1) is 41.8. The largest absolute Gasteiger partial charge is 0.394 e. The summed E-state index contributed by atoms with van der Waals surface area (Å²) in [7, 11) is -4.63. The predicted octanol–water partition coefficient (Wildman–Crippen LogP) is -2.08. The van der Waals surface area contributed by atoms with Crippen LogP contribution in [0.4, 0.5) is 0 Å². The van der Waals surface area contributed by atoms with E-state index in [-0.39, 0.29) is 12.5 Å². The van der Waals surface area contributed by atoms with Crippen LogP contribution >= 0.6 is 20.2 Å². The molecule has 274 valence electrons. The van der Waals surface area contributed by atoms with Crippen molar-refractivity contribution in [2.45, 2.75) is 120 Å². The molecule has 0 aromatic rings. The van der Waals surface area contributed by atoms with E-state index in [0.717, 1.165) is 44.8 Å². The van der Waals surface area contributed by atoms with Crippen molar-refractivity contribution in [2.75, 3.05) is 38.3 Å². The molecule has 2 fully saturated rings. The monoisotopic (exact) mass is 717 g/mol. The molecule has 0 aliphatic carbocycles. The van der Waals surface area contributed by atoms with Gasteiger partial charge in [0.25, 0.3) is 0 Å². The molecule has 47 heavy (non-hydrogen) atoms. The standard InChI is InChI=1S/C28H52N3O14PS/c1-16(33)30-22-20(44-18(13-32)24(36)26(22)38)15-46(40,41)43-14-19-25(37)27(39)23(31-17(2)34)28(45-19)42-11-8-10-29-21(35)9-6-4-3-5-7-12-47/h18-20,22-28,32,36-39,47H,3-15H2,1-2H3,(H,29,35)(H,30,33)(H,31,34)(H,40,41)/t18-,19-,20-,22-,23+,24-,25-,26-,27-,28-/m1/s1. The second kappa shape index (κ2) is 21.0. The van der Waals surface area contributed by atoms with Gasteiger partial charge in [-0.2, -0.15) is 12.6 Å². The Labute approximate surface area is 280 Å². The van der Waals surface area contributed by atoms with Gasteiger partial charge in [0.05, 0.1) is 38.1 Å². The quantitative estimate of drug-likeness (QED) is 0.0368. The van der Waals surface area contributed by atoms with Gasteiger partial charge < -0.3 is 65.1 Å². The number of aliphatic hydroxyl groups is 5.